The fourth-order valence-corrected chi connectivity index (χ4v) is 10.4. The number of hydrogen-bond donors (Lipinski definition) is 12. The number of hydrogen-bond acceptors (Lipinski definition) is 12. The molecule has 0 unspecified atom stereocenters. The van der Waals surface area contributed by atoms with Crippen LogP contribution >= 0.6 is 22.7 Å². The van der Waals surface area contributed by atoms with Gasteiger partial charge in [0.2, 0.25) is 47.3 Å². The molecule has 2 aromatic carbocycles. The van der Waals surface area contributed by atoms with Crippen molar-refractivity contribution in [2.45, 2.75) is 100 Å². The maximum atomic E-state index is 14.9. The van der Waals surface area contributed by atoms with E-state index in [1.165, 1.54) is 27.6 Å². The van der Waals surface area contributed by atoms with E-state index < -0.39 is 89.9 Å². The number of thiophene rings is 2. The monoisotopic (exact) mass is 1050 g/mol. The molecular formula is C49H63N15O8S2. The molecule has 8 amide bonds. The van der Waals surface area contributed by atoms with Crippen molar-refractivity contribution in [1.29, 1.82) is 0 Å². The minimum Gasteiger partial charge on any atom is -0.370 e. The molecule has 25 heteroatoms. The third kappa shape index (κ3) is 15.7. The number of guanidine groups is 2. The Morgan fingerprint density at radius 3 is 1.93 bits per heavy atom. The Morgan fingerprint density at radius 1 is 0.662 bits per heavy atom. The number of likely N-dealkylation sites (tertiary alicyclic amines) is 1. The zero-order valence-electron chi connectivity index (χ0n) is 40.6. The second-order valence-electron chi connectivity index (χ2n) is 17.8. The molecule has 0 bridgehead atoms. The van der Waals surface area contributed by atoms with E-state index in [2.05, 4.69) is 41.6 Å². The summed E-state index contributed by atoms with van der Waals surface area (Å²) in [6.45, 7) is 0.270. The average Bonchev–Trinajstić information content (AvgIpc) is 4.21. The Balaban J connectivity index is 1.27. The standard InChI is InChI=1S/C49H63N15O8S2/c50-40(65)24-35(42(51)67)62-43(68)33(13-5-17-56-48(52)53)60-46(71)38-15-7-19-64(38)47(72)34(14-6-18-57-49(54)55)61-45(70)37(22-28-26-74-39-16-4-2-11-31(28)39)63-44(69)36(59-41(66)23-29-9-8-20-73-29)21-27-25-58-32-12-3-1-10-30(27)32/h1-4,8-12,16,20,25-26,33-38,58H,5-7,13-15,17-19,21-24H2,(H2,50,65)(H2,51,67)(H,59,66)(H,60,71)(H,61,70)(H,62,68)(H,63,69)(H4,52,53,56)(H4,54,55,57)/t33-,34-,35-,36-,37-,38-/m0/s1. The lowest BCUT2D eigenvalue weighted by Gasteiger charge is -2.31. The van der Waals surface area contributed by atoms with Crippen molar-refractivity contribution >= 4 is 103 Å². The molecular weight excluding hydrogens is 991 g/mol. The second kappa shape index (κ2) is 26.6. The molecule has 6 atom stereocenters. The van der Waals surface area contributed by atoms with Crippen molar-refractivity contribution in [1.82, 2.24) is 36.5 Å². The van der Waals surface area contributed by atoms with Crippen LogP contribution in [-0.2, 0) is 57.6 Å². The number of carbonyl (C=O) groups is 8. The normalized spacial score (nSPS) is 15.2. The number of fused-ring (bicyclic) bond motifs is 2. The molecule has 18 N–H and O–H groups in total. The molecule has 1 aliphatic heterocycles. The van der Waals surface area contributed by atoms with Gasteiger partial charge in [0.05, 0.1) is 12.8 Å². The highest BCUT2D eigenvalue weighted by molar-refractivity contribution is 7.17. The summed E-state index contributed by atoms with van der Waals surface area (Å²) in [6, 6.07) is 11.2. The third-order valence-corrected chi connectivity index (χ3v) is 14.2. The Hall–Kier alpha value is -8.06. The molecule has 1 fully saturated rings. The highest BCUT2D eigenvalue weighted by atomic mass is 32.1. The fourth-order valence-electron chi connectivity index (χ4n) is 8.71. The number of primary amides is 2. The van der Waals surface area contributed by atoms with Crippen LogP contribution < -0.4 is 61.0 Å². The van der Waals surface area contributed by atoms with Gasteiger partial charge in [-0.15, -0.1) is 22.7 Å². The number of rotatable bonds is 27. The Bertz CT molecular complexity index is 2860. The number of H-pyrrole nitrogens is 1. The van der Waals surface area contributed by atoms with Gasteiger partial charge in [-0.2, -0.15) is 0 Å². The van der Waals surface area contributed by atoms with Crippen LogP contribution in [0.25, 0.3) is 21.0 Å². The zero-order chi connectivity index (χ0) is 53.3. The molecule has 6 rings (SSSR count). The van der Waals surface area contributed by atoms with Crippen LogP contribution in [0.5, 0.6) is 0 Å². The number of nitrogens with two attached hydrogens (primary N) is 6. The van der Waals surface area contributed by atoms with E-state index in [4.69, 9.17) is 34.4 Å². The molecule has 1 saturated heterocycles. The molecule has 0 saturated carbocycles. The maximum Gasteiger partial charge on any atom is 0.245 e. The van der Waals surface area contributed by atoms with Crippen LogP contribution in [0.15, 0.2) is 87.6 Å². The number of para-hydroxylation sites is 1. The fraction of sp³-hybridized carbons (Fsp3) is 0.388. The molecule has 1 aliphatic rings. The van der Waals surface area contributed by atoms with Crippen molar-refractivity contribution < 1.29 is 38.4 Å². The summed E-state index contributed by atoms with van der Waals surface area (Å²) < 4.78 is 0.948. The summed E-state index contributed by atoms with van der Waals surface area (Å²) in [7, 11) is 0. The summed E-state index contributed by atoms with van der Waals surface area (Å²) in [5, 5.41) is 19.2. The Labute approximate surface area is 434 Å². The van der Waals surface area contributed by atoms with E-state index in [0.717, 1.165) is 37.0 Å². The third-order valence-electron chi connectivity index (χ3n) is 12.3. The molecule has 3 aromatic heterocycles. The molecule has 74 heavy (non-hydrogen) atoms. The van der Waals surface area contributed by atoms with E-state index in [1.807, 2.05) is 71.4 Å². The Kier molecular flexibility index (Phi) is 19.8. The minimum absolute atomic E-state index is 0.000395. The second-order valence-corrected chi connectivity index (χ2v) is 19.7. The lowest BCUT2D eigenvalue weighted by Crippen LogP contribution is -2.60. The van der Waals surface area contributed by atoms with Crippen molar-refractivity contribution in [2.75, 3.05) is 19.6 Å². The molecule has 23 nitrogen and oxygen atoms in total. The summed E-state index contributed by atoms with van der Waals surface area (Å²) >= 11 is 2.87. The lowest BCUT2D eigenvalue weighted by atomic mass is 10.0. The molecule has 0 radical (unpaired) electrons. The van der Waals surface area contributed by atoms with Crippen LogP contribution in [-0.4, -0.2) is 125 Å². The van der Waals surface area contributed by atoms with Gasteiger partial charge >= 0.3 is 0 Å². The zero-order valence-corrected chi connectivity index (χ0v) is 42.2. The van der Waals surface area contributed by atoms with Crippen LogP contribution in [0.3, 0.4) is 0 Å². The van der Waals surface area contributed by atoms with E-state index in [9.17, 15) is 38.4 Å². The Morgan fingerprint density at radius 2 is 1.27 bits per heavy atom. The first-order valence-electron chi connectivity index (χ1n) is 24.0. The van der Waals surface area contributed by atoms with Gasteiger partial charge in [-0.05, 0) is 84.0 Å². The predicted octanol–water partition coefficient (Wildman–Crippen LogP) is -0.645. The van der Waals surface area contributed by atoms with E-state index in [0.29, 0.717) is 6.42 Å². The number of benzene rings is 2. The van der Waals surface area contributed by atoms with Gasteiger partial charge in [0.25, 0.3) is 0 Å². The number of aliphatic imine (C=N–C) groups is 2. The number of carbonyl (C=O) groups excluding carboxylic acids is 8. The van der Waals surface area contributed by atoms with Crippen LogP contribution in [0.2, 0.25) is 0 Å². The number of nitrogens with zero attached hydrogens (tertiary/aromatic N) is 3. The van der Waals surface area contributed by atoms with Gasteiger partial charge in [-0.1, -0.05) is 42.5 Å². The molecule has 394 valence electrons. The van der Waals surface area contributed by atoms with Gasteiger partial charge in [0.1, 0.15) is 36.3 Å². The first kappa shape index (κ1) is 55.3. The highest BCUT2D eigenvalue weighted by Crippen LogP contribution is 2.27. The number of amides is 8. The average molecular weight is 1050 g/mol. The highest BCUT2D eigenvalue weighted by Gasteiger charge is 2.40. The summed E-state index contributed by atoms with van der Waals surface area (Å²) in [5.41, 5.74) is 35.2. The van der Waals surface area contributed by atoms with Crippen LogP contribution in [0.1, 0.15) is 60.9 Å². The van der Waals surface area contributed by atoms with E-state index in [-0.39, 0.29) is 82.9 Å². The van der Waals surface area contributed by atoms with Crippen molar-refractivity contribution in [2.24, 2.45) is 44.4 Å². The SMILES string of the molecule is NC(=O)C[C@H](NC(=O)[C@H](CCCN=C(N)N)NC(=O)[C@@H]1CCCN1C(=O)[C@H](CCCN=C(N)N)NC(=O)[C@H](Cc1csc2ccccc12)NC(=O)[C@H](Cc1c[nH]c2ccccc12)NC(=O)Cc1cccs1)C(N)=O. The van der Waals surface area contributed by atoms with Crippen molar-refractivity contribution in [3.8, 4) is 0 Å². The quantitative estimate of drug-likeness (QED) is 0.0178. The van der Waals surface area contributed by atoms with Crippen LogP contribution in [0, 0.1) is 0 Å². The number of nitrogens with one attached hydrogen (secondary N) is 6. The smallest absolute Gasteiger partial charge is 0.245 e. The predicted molar refractivity (Wildman–Crippen MR) is 283 cm³/mol. The largest absolute Gasteiger partial charge is 0.370 e. The van der Waals surface area contributed by atoms with Crippen molar-refractivity contribution in [3.63, 3.8) is 0 Å². The number of aromatic amines is 1. The first-order chi connectivity index (χ1) is 35.5. The van der Waals surface area contributed by atoms with Gasteiger partial charge < -0.3 is 70.9 Å². The van der Waals surface area contributed by atoms with Gasteiger partial charge in [0, 0.05) is 59.2 Å². The number of aromatic nitrogens is 1. The summed E-state index contributed by atoms with van der Waals surface area (Å²) in [6.07, 6.45) is 2.20. The van der Waals surface area contributed by atoms with Gasteiger partial charge in [-0.3, -0.25) is 48.3 Å². The summed E-state index contributed by atoms with van der Waals surface area (Å²) in [4.78, 5) is 123. The summed E-state index contributed by atoms with van der Waals surface area (Å²) in [5.74, 6) is -6.28. The van der Waals surface area contributed by atoms with E-state index >= 15 is 0 Å². The van der Waals surface area contributed by atoms with Gasteiger partial charge in [-0.25, -0.2) is 0 Å². The molecule has 0 aliphatic carbocycles. The van der Waals surface area contributed by atoms with Crippen LogP contribution in [0.4, 0.5) is 0 Å². The van der Waals surface area contributed by atoms with Gasteiger partial charge in [0.15, 0.2) is 11.9 Å². The maximum absolute atomic E-state index is 14.9. The minimum atomic E-state index is -1.47. The lowest BCUT2D eigenvalue weighted by molar-refractivity contribution is -0.142. The molecule has 0 spiro atoms. The molecule has 5 aromatic rings. The van der Waals surface area contributed by atoms with Crippen molar-refractivity contribution in [3.05, 3.63) is 93.6 Å². The van der Waals surface area contributed by atoms with E-state index in [1.54, 1.807) is 6.20 Å². The first-order valence-corrected chi connectivity index (χ1v) is 25.8. The molecule has 4 heterocycles. The topological polar surface area (TPSA) is 397 Å².